The fourth-order valence-electron chi connectivity index (χ4n) is 7.58. The standard InChI is InChI=1S/C26H36N4O2/c1-26-14-19-12-17(13-20(30(19)26)15-28(26)2)27-25(32)22-16-29(18-8-4-3-5-9-18)23-11-7-6-10-21(23)24(22)31/h6-7,10,16-20,23H,3-5,8-9,11-15H2,1-2H3,(H,27,32). The van der Waals surface area contributed by atoms with Crippen LogP contribution in [-0.2, 0) is 9.59 Å². The van der Waals surface area contributed by atoms with Crippen LogP contribution in [0.25, 0.3) is 0 Å². The van der Waals surface area contributed by atoms with Gasteiger partial charge >= 0.3 is 0 Å². The zero-order chi connectivity index (χ0) is 22.0. The van der Waals surface area contributed by atoms with E-state index in [0.717, 1.165) is 44.2 Å². The minimum absolute atomic E-state index is 0.0711. The first-order chi connectivity index (χ1) is 15.5. The molecule has 2 aliphatic carbocycles. The van der Waals surface area contributed by atoms with Gasteiger partial charge in [-0.1, -0.05) is 37.5 Å². The average Bonchev–Trinajstić information content (AvgIpc) is 3.01. The molecule has 3 saturated heterocycles. The van der Waals surface area contributed by atoms with Gasteiger partial charge in [0, 0.05) is 42.5 Å². The topological polar surface area (TPSA) is 55.9 Å². The van der Waals surface area contributed by atoms with Crippen molar-refractivity contribution >= 4 is 11.7 Å². The van der Waals surface area contributed by atoms with Gasteiger partial charge in [0.25, 0.3) is 5.91 Å². The van der Waals surface area contributed by atoms with E-state index >= 15 is 0 Å². The maximum atomic E-state index is 13.4. The summed E-state index contributed by atoms with van der Waals surface area (Å²) in [6.45, 7) is 3.41. The zero-order valence-electron chi connectivity index (χ0n) is 19.4. The Kier molecular flexibility index (Phi) is 4.88. The summed E-state index contributed by atoms with van der Waals surface area (Å²) in [5.74, 6) is -0.241. The highest BCUT2D eigenvalue weighted by Gasteiger charge is 2.61. The second kappa shape index (κ2) is 7.56. The molecule has 0 aromatic carbocycles. The van der Waals surface area contributed by atoms with Crippen LogP contribution in [0.1, 0.15) is 64.7 Å². The van der Waals surface area contributed by atoms with Crippen LogP contribution in [-0.4, -0.2) is 75.9 Å². The van der Waals surface area contributed by atoms with Crippen LogP contribution in [0.5, 0.6) is 0 Å². The van der Waals surface area contributed by atoms with Crippen molar-refractivity contribution < 1.29 is 9.59 Å². The molecular formula is C26H36N4O2. The number of fused-ring (bicyclic) bond motifs is 1. The molecule has 5 atom stereocenters. The second-order valence-corrected chi connectivity index (χ2v) is 11.1. The lowest BCUT2D eigenvalue weighted by atomic mass is 9.78. The minimum atomic E-state index is -0.170. The number of piperidine rings is 1. The van der Waals surface area contributed by atoms with Gasteiger partial charge in [-0.25, -0.2) is 0 Å². The summed E-state index contributed by atoms with van der Waals surface area (Å²) >= 11 is 0. The summed E-state index contributed by atoms with van der Waals surface area (Å²) in [5.41, 5.74) is 1.35. The second-order valence-electron chi connectivity index (χ2n) is 11.1. The molecule has 0 aromatic heterocycles. The number of allylic oxidation sites excluding steroid dienone is 2. The number of nitrogens with one attached hydrogen (secondary N) is 1. The Bertz CT molecular complexity index is 917. The first kappa shape index (κ1) is 20.7. The summed E-state index contributed by atoms with van der Waals surface area (Å²) in [7, 11) is 2.22. The lowest BCUT2D eigenvalue weighted by Crippen LogP contribution is -2.70. The summed E-state index contributed by atoms with van der Waals surface area (Å²) in [4.78, 5) is 34.2. The van der Waals surface area contributed by atoms with E-state index in [0.29, 0.717) is 23.7 Å². The molecule has 6 heteroatoms. The van der Waals surface area contributed by atoms with E-state index in [2.05, 4.69) is 40.1 Å². The average molecular weight is 437 g/mol. The normalized spacial score (nSPS) is 39.7. The van der Waals surface area contributed by atoms with Crippen LogP contribution in [0, 0.1) is 0 Å². The maximum Gasteiger partial charge on any atom is 0.256 e. The summed E-state index contributed by atoms with van der Waals surface area (Å²) in [6, 6.07) is 1.74. The third kappa shape index (κ3) is 3.06. The lowest BCUT2D eigenvalue weighted by Gasteiger charge is -2.59. The number of rotatable bonds is 3. The van der Waals surface area contributed by atoms with E-state index in [9.17, 15) is 9.59 Å². The quantitative estimate of drug-likeness (QED) is 0.690. The van der Waals surface area contributed by atoms with Crippen molar-refractivity contribution in [3.63, 3.8) is 0 Å². The van der Waals surface area contributed by atoms with E-state index in [1.54, 1.807) is 0 Å². The first-order valence-corrected chi connectivity index (χ1v) is 12.7. The van der Waals surface area contributed by atoms with Crippen LogP contribution in [0.3, 0.4) is 0 Å². The highest BCUT2D eigenvalue weighted by molar-refractivity contribution is 6.26. The molecule has 0 radical (unpaired) electrons. The number of ketones is 1. The van der Waals surface area contributed by atoms with E-state index in [1.807, 2.05) is 18.4 Å². The third-order valence-electron chi connectivity index (χ3n) is 9.24. The monoisotopic (exact) mass is 436 g/mol. The molecule has 0 spiro atoms. The van der Waals surface area contributed by atoms with Crippen LogP contribution in [0.4, 0.5) is 0 Å². The maximum absolute atomic E-state index is 13.4. The van der Waals surface area contributed by atoms with Crippen molar-refractivity contribution in [2.45, 2.75) is 101 Å². The molecule has 4 fully saturated rings. The molecule has 0 bridgehead atoms. The number of likely N-dealkylation sites (N-methyl/N-ethyl adjacent to an activating group) is 1. The molecule has 4 heterocycles. The van der Waals surface area contributed by atoms with Crippen LogP contribution < -0.4 is 5.32 Å². The van der Waals surface area contributed by atoms with Crippen LogP contribution in [0.2, 0.25) is 0 Å². The van der Waals surface area contributed by atoms with E-state index in [1.165, 1.54) is 25.7 Å². The van der Waals surface area contributed by atoms with Crippen molar-refractivity contribution in [3.05, 3.63) is 35.6 Å². The highest BCUT2D eigenvalue weighted by Crippen LogP contribution is 2.50. The van der Waals surface area contributed by atoms with Crippen molar-refractivity contribution in [3.8, 4) is 0 Å². The van der Waals surface area contributed by atoms with E-state index in [-0.39, 0.29) is 29.4 Å². The predicted molar refractivity (Wildman–Crippen MR) is 124 cm³/mol. The van der Waals surface area contributed by atoms with Crippen molar-refractivity contribution in [2.24, 2.45) is 0 Å². The molecule has 1 amide bonds. The number of amides is 1. The lowest BCUT2D eigenvalue weighted by molar-refractivity contribution is -0.134. The minimum Gasteiger partial charge on any atom is -0.366 e. The molecule has 32 heavy (non-hydrogen) atoms. The van der Waals surface area contributed by atoms with Crippen LogP contribution >= 0.6 is 0 Å². The summed E-state index contributed by atoms with van der Waals surface area (Å²) in [5, 5.41) is 3.29. The van der Waals surface area contributed by atoms with Crippen LogP contribution in [0.15, 0.2) is 35.6 Å². The first-order valence-electron chi connectivity index (χ1n) is 12.7. The Morgan fingerprint density at radius 3 is 2.72 bits per heavy atom. The molecule has 4 aliphatic heterocycles. The Hall–Kier alpha value is -1.92. The van der Waals surface area contributed by atoms with Crippen molar-refractivity contribution in [2.75, 3.05) is 13.6 Å². The molecule has 6 aliphatic rings. The molecule has 5 unspecified atom stereocenters. The van der Waals surface area contributed by atoms with E-state index in [4.69, 9.17) is 0 Å². The number of Topliss-reactive ketones (excluding diaryl/α,β-unsaturated/α-hetero) is 1. The van der Waals surface area contributed by atoms with Gasteiger partial charge in [-0.2, -0.15) is 0 Å². The third-order valence-corrected chi connectivity index (χ3v) is 9.24. The number of hydrogen-bond acceptors (Lipinski definition) is 5. The number of carbonyl (C=O) groups excluding carboxylic acids is 2. The van der Waals surface area contributed by atoms with Gasteiger partial charge in [0.05, 0.1) is 11.7 Å². The SMILES string of the molecule is CN1CC2CC(NC(=O)C3=CN(C4CCCCC4)C4CC=CC=C4C3=O)CC3CC1(C)N23. The number of carbonyl (C=O) groups is 2. The Labute approximate surface area is 191 Å². The zero-order valence-corrected chi connectivity index (χ0v) is 19.4. The number of hydrogen-bond donors (Lipinski definition) is 1. The van der Waals surface area contributed by atoms with Gasteiger partial charge < -0.3 is 10.2 Å². The van der Waals surface area contributed by atoms with Crippen molar-refractivity contribution in [1.82, 2.24) is 20.0 Å². The molecule has 172 valence electrons. The molecule has 6 nitrogen and oxygen atoms in total. The van der Waals surface area contributed by atoms with Gasteiger partial charge in [-0.3, -0.25) is 19.4 Å². The van der Waals surface area contributed by atoms with Crippen molar-refractivity contribution in [1.29, 1.82) is 0 Å². The Balaban J connectivity index is 1.21. The van der Waals surface area contributed by atoms with Gasteiger partial charge in [-0.05, 0) is 52.5 Å². The van der Waals surface area contributed by atoms with Gasteiger partial charge in [0.15, 0.2) is 5.78 Å². The number of nitrogens with zero attached hydrogens (tertiary/aromatic N) is 3. The molecule has 1 saturated carbocycles. The smallest absolute Gasteiger partial charge is 0.256 e. The molecular weight excluding hydrogens is 400 g/mol. The van der Waals surface area contributed by atoms with Gasteiger partial charge in [0.1, 0.15) is 5.57 Å². The highest BCUT2D eigenvalue weighted by atomic mass is 16.2. The molecule has 1 N–H and O–H groups in total. The predicted octanol–water partition coefficient (Wildman–Crippen LogP) is 2.73. The molecule has 0 aromatic rings. The van der Waals surface area contributed by atoms with Gasteiger partial charge in [0.2, 0.25) is 0 Å². The Morgan fingerprint density at radius 1 is 1.12 bits per heavy atom. The summed E-state index contributed by atoms with van der Waals surface area (Å²) in [6.07, 6.45) is 18.1. The fourth-order valence-corrected chi connectivity index (χ4v) is 7.58. The fraction of sp³-hybridized carbons (Fsp3) is 0.692. The van der Waals surface area contributed by atoms with E-state index < -0.39 is 0 Å². The largest absolute Gasteiger partial charge is 0.366 e. The Morgan fingerprint density at radius 2 is 1.91 bits per heavy atom. The van der Waals surface area contributed by atoms with Gasteiger partial charge in [-0.15, -0.1) is 0 Å². The molecule has 6 rings (SSSR count). The summed E-state index contributed by atoms with van der Waals surface area (Å²) < 4.78 is 0.